The van der Waals surface area contributed by atoms with Gasteiger partial charge in [0.1, 0.15) is 16.4 Å². The van der Waals surface area contributed by atoms with Crippen LogP contribution in [-0.2, 0) is 0 Å². The summed E-state index contributed by atoms with van der Waals surface area (Å²) in [6.45, 7) is 5.83. The van der Waals surface area contributed by atoms with Crippen LogP contribution < -0.4 is 5.73 Å². The molecule has 4 heterocycles. The third kappa shape index (κ3) is 2.95. The summed E-state index contributed by atoms with van der Waals surface area (Å²) in [6, 6.07) is 5.80. The molecule has 1 aliphatic heterocycles. The van der Waals surface area contributed by atoms with Gasteiger partial charge in [-0.05, 0) is 50.6 Å². The van der Waals surface area contributed by atoms with Gasteiger partial charge in [-0.25, -0.2) is 15.0 Å². The zero-order valence-electron chi connectivity index (χ0n) is 14.8. The van der Waals surface area contributed by atoms with Gasteiger partial charge in [0.25, 0.3) is 0 Å². The van der Waals surface area contributed by atoms with Crippen molar-refractivity contribution in [1.29, 1.82) is 0 Å². The predicted octanol–water partition coefficient (Wildman–Crippen LogP) is 3.39. The van der Waals surface area contributed by atoms with E-state index in [0.29, 0.717) is 11.5 Å². The van der Waals surface area contributed by atoms with Gasteiger partial charge >= 0.3 is 0 Å². The van der Waals surface area contributed by atoms with Gasteiger partial charge < -0.3 is 5.73 Å². The van der Waals surface area contributed by atoms with E-state index in [4.69, 9.17) is 10.7 Å². The maximum absolute atomic E-state index is 6.16. The topological polar surface area (TPSA) is 89.9 Å². The first-order valence-corrected chi connectivity index (χ1v) is 9.05. The lowest BCUT2D eigenvalue weighted by Crippen LogP contribution is -2.33. The van der Waals surface area contributed by atoms with Crippen molar-refractivity contribution in [3.63, 3.8) is 0 Å². The average molecular weight is 362 g/mol. The molecule has 0 fully saturated rings. The highest BCUT2D eigenvalue weighted by atomic mass is 32.1. The Hall–Kier alpha value is -2.77. The van der Waals surface area contributed by atoms with Crippen molar-refractivity contribution in [2.24, 2.45) is 10.7 Å². The third-order valence-corrected chi connectivity index (χ3v) is 5.56. The quantitative estimate of drug-likeness (QED) is 0.771. The number of pyridine rings is 1. The molecule has 2 N–H and O–H groups in total. The Bertz CT molecular complexity index is 1030. The molecular weight excluding hydrogens is 344 g/mol. The minimum Gasteiger partial charge on any atom is -0.304 e. The van der Waals surface area contributed by atoms with Crippen LogP contribution in [0.2, 0.25) is 0 Å². The number of allylic oxidation sites excluding steroid dienone is 1. The van der Waals surface area contributed by atoms with E-state index < -0.39 is 5.66 Å². The van der Waals surface area contributed by atoms with Crippen molar-refractivity contribution >= 4 is 17.0 Å². The Balaban J connectivity index is 1.74. The molecule has 1 aliphatic rings. The van der Waals surface area contributed by atoms with Crippen LogP contribution in [0.25, 0.3) is 21.1 Å². The molecule has 26 heavy (non-hydrogen) atoms. The van der Waals surface area contributed by atoms with Crippen LogP contribution in [0.15, 0.2) is 53.4 Å². The van der Waals surface area contributed by atoms with Crippen LogP contribution >= 0.6 is 11.3 Å². The minimum absolute atomic E-state index is 0.576. The summed E-state index contributed by atoms with van der Waals surface area (Å²) in [5.74, 6) is 0.576. The van der Waals surface area contributed by atoms with Crippen LogP contribution in [-0.4, -0.2) is 31.3 Å². The number of nitrogens with zero attached hydrogens (tertiary/aromatic N) is 5. The lowest BCUT2D eigenvalue weighted by Gasteiger charge is -2.15. The molecule has 0 spiro atoms. The van der Waals surface area contributed by atoms with Crippen LogP contribution in [0.1, 0.15) is 25.4 Å². The molecule has 3 aromatic heterocycles. The third-order valence-electron chi connectivity index (χ3n) is 4.33. The van der Waals surface area contributed by atoms with Crippen molar-refractivity contribution in [2.45, 2.75) is 26.4 Å². The number of aromatic nitrogens is 4. The van der Waals surface area contributed by atoms with E-state index in [-0.39, 0.29) is 0 Å². The van der Waals surface area contributed by atoms with Crippen molar-refractivity contribution in [1.82, 2.24) is 19.9 Å². The SMILES string of the molecule is CC1=CC(c2nccc(-c3sc(-c4cccnc4)nc3C)n2)=NC1(C)N. The number of thiazole rings is 1. The Morgan fingerprint density at radius 3 is 2.65 bits per heavy atom. The standard InChI is InChI=1S/C19H18N6S/c1-11-9-15(25-19(11,3)20)17-22-8-6-14(24-17)16-12(2)23-18(26-16)13-5-4-7-21-10-13/h4-10H,20H2,1-3H3. The fraction of sp³-hybridized carbons (Fsp3) is 0.211. The summed E-state index contributed by atoms with van der Waals surface area (Å²) in [4.78, 5) is 23.5. The van der Waals surface area contributed by atoms with Gasteiger partial charge in [-0.2, -0.15) is 0 Å². The van der Waals surface area contributed by atoms with E-state index in [1.807, 2.05) is 51.2 Å². The second-order valence-corrected chi connectivity index (χ2v) is 7.41. The number of rotatable bonds is 3. The lowest BCUT2D eigenvalue weighted by molar-refractivity contribution is 0.593. The highest BCUT2D eigenvalue weighted by Gasteiger charge is 2.27. The average Bonchev–Trinajstić information content (AvgIpc) is 3.15. The predicted molar refractivity (Wildman–Crippen MR) is 104 cm³/mol. The van der Waals surface area contributed by atoms with Gasteiger partial charge in [-0.1, -0.05) is 0 Å². The molecule has 130 valence electrons. The molecule has 0 amide bonds. The minimum atomic E-state index is -0.692. The number of aryl methyl sites for hydroxylation is 1. The monoisotopic (exact) mass is 362 g/mol. The zero-order chi connectivity index (χ0) is 18.3. The number of hydrogen-bond acceptors (Lipinski definition) is 7. The highest BCUT2D eigenvalue weighted by molar-refractivity contribution is 7.18. The Morgan fingerprint density at radius 1 is 1.12 bits per heavy atom. The number of nitrogens with two attached hydrogens (primary N) is 1. The fourth-order valence-corrected chi connectivity index (χ4v) is 3.72. The molecule has 0 aliphatic carbocycles. The van der Waals surface area contributed by atoms with E-state index in [1.54, 1.807) is 23.7 Å². The van der Waals surface area contributed by atoms with Crippen LogP contribution in [0, 0.1) is 6.92 Å². The molecule has 6 nitrogen and oxygen atoms in total. The van der Waals surface area contributed by atoms with Crippen LogP contribution in [0.5, 0.6) is 0 Å². The maximum Gasteiger partial charge on any atom is 0.178 e. The first kappa shape index (κ1) is 16.7. The molecule has 7 heteroatoms. The zero-order valence-corrected chi connectivity index (χ0v) is 15.6. The molecule has 0 saturated heterocycles. The van der Waals surface area contributed by atoms with Crippen molar-refractivity contribution in [2.75, 3.05) is 0 Å². The highest BCUT2D eigenvalue weighted by Crippen LogP contribution is 2.34. The van der Waals surface area contributed by atoms with E-state index in [2.05, 4.69) is 19.9 Å². The molecule has 1 atom stereocenters. The smallest absolute Gasteiger partial charge is 0.178 e. The molecule has 4 rings (SSSR count). The largest absolute Gasteiger partial charge is 0.304 e. The molecule has 0 aromatic carbocycles. The van der Waals surface area contributed by atoms with Gasteiger partial charge in [0.2, 0.25) is 0 Å². The van der Waals surface area contributed by atoms with Crippen molar-refractivity contribution < 1.29 is 0 Å². The van der Waals surface area contributed by atoms with Gasteiger partial charge in [0.15, 0.2) is 5.82 Å². The second-order valence-electron chi connectivity index (χ2n) is 6.41. The molecule has 1 unspecified atom stereocenters. The number of aliphatic imine (C=N–C) groups is 1. The van der Waals surface area contributed by atoms with E-state index in [9.17, 15) is 0 Å². The first-order valence-electron chi connectivity index (χ1n) is 8.23. The van der Waals surface area contributed by atoms with Crippen LogP contribution in [0.3, 0.4) is 0 Å². The van der Waals surface area contributed by atoms with Gasteiger partial charge in [0, 0.05) is 24.2 Å². The maximum atomic E-state index is 6.16. The lowest BCUT2D eigenvalue weighted by atomic mass is 10.1. The Labute approximate surface area is 155 Å². The molecule has 0 radical (unpaired) electrons. The Morgan fingerprint density at radius 2 is 1.96 bits per heavy atom. The van der Waals surface area contributed by atoms with E-state index >= 15 is 0 Å². The van der Waals surface area contributed by atoms with E-state index in [0.717, 1.165) is 32.4 Å². The second kappa shape index (κ2) is 6.19. The molecular formula is C19H18N6S. The summed E-state index contributed by atoms with van der Waals surface area (Å²) in [7, 11) is 0. The normalized spacial score (nSPS) is 19.4. The van der Waals surface area contributed by atoms with Crippen LogP contribution in [0.4, 0.5) is 0 Å². The molecule has 0 saturated carbocycles. The molecule has 0 bridgehead atoms. The summed E-state index contributed by atoms with van der Waals surface area (Å²) in [5, 5.41) is 0.925. The summed E-state index contributed by atoms with van der Waals surface area (Å²) in [6.07, 6.45) is 7.26. The van der Waals surface area contributed by atoms with Gasteiger partial charge in [-0.3, -0.25) is 9.98 Å². The van der Waals surface area contributed by atoms with Gasteiger partial charge in [0.05, 0.1) is 16.3 Å². The van der Waals surface area contributed by atoms with E-state index in [1.165, 1.54) is 0 Å². The van der Waals surface area contributed by atoms with Crippen molar-refractivity contribution in [3.8, 4) is 21.1 Å². The number of hydrogen-bond donors (Lipinski definition) is 1. The summed E-state index contributed by atoms with van der Waals surface area (Å²) < 4.78 is 0. The Kier molecular flexibility index (Phi) is 3.97. The first-order chi connectivity index (χ1) is 12.4. The molecule has 3 aromatic rings. The van der Waals surface area contributed by atoms with Crippen molar-refractivity contribution in [3.05, 3.63) is 60.0 Å². The summed E-state index contributed by atoms with van der Waals surface area (Å²) >= 11 is 1.60. The summed E-state index contributed by atoms with van der Waals surface area (Å²) in [5.41, 5.74) is 9.94. The van der Waals surface area contributed by atoms with Gasteiger partial charge in [-0.15, -0.1) is 11.3 Å². The fourth-order valence-electron chi connectivity index (χ4n) is 2.69.